The first kappa shape index (κ1) is 29.1. The summed E-state index contributed by atoms with van der Waals surface area (Å²) < 4.78 is 35.0. The minimum absolute atomic E-state index is 0.0330. The summed E-state index contributed by atoms with van der Waals surface area (Å²) in [5.41, 5.74) is 3.75. The minimum Gasteiger partial charge on any atom is -0.387 e. The lowest BCUT2D eigenvalue weighted by atomic mass is 9.76. The quantitative estimate of drug-likeness (QED) is 0.187. The summed E-state index contributed by atoms with van der Waals surface area (Å²) in [4.78, 5) is 43.1. The number of aliphatic hydroxyl groups is 2. The number of hydrogen-bond acceptors (Lipinski definition) is 10. The van der Waals surface area contributed by atoms with Crippen molar-refractivity contribution in [2.24, 2.45) is 5.41 Å². The Kier molecular flexibility index (Phi) is 7.56. The number of nitrogens with zero attached hydrogens (tertiary/aromatic N) is 5. The molecule has 0 saturated carbocycles. The Hall–Kier alpha value is -1.96. The molecule has 1 aromatic carbocycles. The lowest BCUT2D eigenvalue weighted by molar-refractivity contribution is -0.0483. The third-order valence-electron chi connectivity index (χ3n) is 8.16. The average molecular weight is 630 g/mol. The molecule has 2 aliphatic heterocycles. The van der Waals surface area contributed by atoms with E-state index in [1.54, 1.807) is 0 Å². The highest BCUT2D eigenvalue weighted by molar-refractivity contribution is 7.70. The van der Waals surface area contributed by atoms with E-state index < -0.39 is 52.2 Å². The van der Waals surface area contributed by atoms with Crippen molar-refractivity contribution in [2.45, 2.75) is 50.2 Å². The Morgan fingerprint density at radius 3 is 2.34 bits per heavy atom. The van der Waals surface area contributed by atoms with Crippen molar-refractivity contribution < 1.29 is 43.3 Å². The van der Waals surface area contributed by atoms with Gasteiger partial charge in [0.1, 0.15) is 18.3 Å². The maximum absolute atomic E-state index is 12.0. The van der Waals surface area contributed by atoms with Crippen LogP contribution in [0.4, 0.5) is 5.82 Å². The van der Waals surface area contributed by atoms with Gasteiger partial charge in [0.2, 0.25) is 5.28 Å². The van der Waals surface area contributed by atoms with Crippen molar-refractivity contribution >= 4 is 43.8 Å². The molecule has 41 heavy (non-hydrogen) atoms. The highest BCUT2D eigenvalue weighted by Crippen LogP contribution is 2.55. The SMILES string of the molecule is O=P(O)(O)CP(=O)(O)OC[C@H]1O[C@@H](n2cnc3c(N4CCC5(CC4)Cc4ccccc4C5)nc(Cl)nc32)[C@@H](O)C1O. The van der Waals surface area contributed by atoms with Crippen LogP contribution in [0.25, 0.3) is 11.2 Å². The van der Waals surface area contributed by atoms with Crippen LogP contribution in [0.15, 0.2) is 30.6 Å². The summed E-state index contributed by atoms with van der Waals surface area (Å²) in [5, 5.41) is 21.2. The van der Waals surface area contributed by atoms with Gasteiger partial charge in [-0.3, -0.25) is 13.7 Å². The van der Waals surface area contributed by atoms with E-state index in [0.717, 1.165) is 38.8 Å². The molecule has 222 valence electrons. The zero-order valence-corrected chi connectivity index (χ0v) is 24.3. The Morgan fingerprint density at radius 1 is 1.05 bits per heavy atom. The number of aromatic nitrogens is 4. The number of benzene rings is 1. The van der Waals surface area contributed by atoms with Crippen molar-refractivity contribution in [3.05, 3.63) is 47.0 Å². The highest BCUT2D eigenvalue weighted by Gasteiger charge is 2.46. The molecule has 0 bridgehead atoms. The summed E-state index contributed by atoms with van der Waals surface area (Å²) in [6, 6.07) is 8.57. The topological polar surface area (TPSA) is 201 Å². The third-order valence-corrected chi connectivity index (χ3v) is 11.8. The van der Waals surface area contributed by atoms with Gasteiger partial charge in [0.15, 0.2) is 29.1 Å². The fourth-order valence-electron chi connectivity index (χ4n) is 6.16. The Balaban J connectivity index is 1.18. The van der Waals surface area contributed by atoms with E-state index in [9.17, 15) is 24.2 Å². The molecule has 3 aromatic rings. The lowest BCUT2D eigenvalue weighted by Gasteiger charge is -2.40. The van der Waals surface area contributed by atoms with Gasteiger partial charge in [-0.1, -0.05) is 24.3 Å². The molecule has 0 amide bonds. The first-order valence-corrected chi connectivity index (χ1v) is 17.0. The van der Waals surface area contributed by atoms with Crippen LogP contribution >= 0.6 is 26.8 Å². The molecule has 2 unspecified atom stereocenters. The van der Waals surface area contributed by atoms with E-state index in [0.29, 0.717) is 11.3 Å². The van der Waals surface area contributed by atoms with E-state index in [1.807, 2.05) is 0 Å². The second-order valence-electron chi connectivity index (χ2n) is 11.0. The summed E-state index contributed by atoms with van der Waals surface area (Å²) in [5.74, 6) is -0.834. The van der Waals surface area contributed by atoms with Crippen LogP contribution in [0.1, 0.15) is 30.2 Å². The van der Waals surface area contributed by atoms with E-state index >= 15 is 0 Å². The average Bonchev–Trinajstić information content (AvgIpc) is 3.55. The molecular weight excluding hydrogens is 600 g/mol. The lowest BCUT2D eigenvalue weighted by Crippen LogP contribution is -2.41. The molecule has 3 aliphatic rings. The molecule has 2 saturated heterocycles. The summed E-state index contributed by atoms with van der Waals surface area (Å²) >= 11 is 6.32. The standard InChI is InChI=1S/C24H30ClN5O9P2/c25-23-27-20(29-7-5-24(6-8-29)9-14-3-1-2-4-15(14)10-24)17-21(28-23)30(12-26-17)22-19(32)18(31)16(39-22)11-38-41(36,37)13-40(33,34)35/h1-4,12,16,18-19,22,31-32H,5-11,13H2,(H,36,37)(H2,33,34,35)/t16-,18?,19+,22-/m1/s1. The number of anilines is 1. The number of imidazole rings is 1. The van der Waals surface area contributed by atoms with Gasteiger partial charge in [0.25, 0.3) is 0 Å². The second kappa shape index (κ2) is 10.6. The number of halogens is 1. The molecule has 2 aromatic heterocycles. The van der Waals surface area contributed by atoms with Gasteiger partial charge in [-0.05, 0) is 53.8 Å². The molecule has 1 spiro atoms. The van der Waals surface area contributed by atoms with Gasteiger partial charge in [0.05, 0.1) is 12.9 Å². The molecule has 0 radical (unpaired) electrons. The van der Waals surface area contributed by atoms with E-state index in [-0.39, 0.29) is 16.3 Å². The van der Waals surface area contributed by atoms with Crippen LogP contribution in [0.2, 0.25) is 5.28 Å². The van der Waals surface area contributed by atoms with Gasteiger partial charge in [-0.2, -0.15) is 9.97 Å². The predicted octanol–water partition coefficient (Wildman–Crippen LogP) is 1.82. The van der Waals surface area contributed by atoms with Crippen molar-refractivity contribution in [2.75, 3.05) is 30.5 Å². The summed E-state index contributed by atoms with van der Waals surface area (Å²) in [6.45, 7) is 0.801. The van der Waals surface area contributed by atoms with Crippen molar-refractivity contribution in [3.63, 3.8) is 0 Å². The van der Waals surface area contributed by atoms with E-state index in [4.69, 9.17) is 30.6 Å². The molecule has 6 rings (SSSR count). The van der Waals surface area contributed by atoms with Gasteiger partial charge in [0, 0.05) is 13.1 Å². The first-order valence-electron chi connectivity index (χ1n) is 13.1. The molecule has 5 N–H and O–H groups in total. The monoisotopic (exact) mass is 629 g/mol. The Labute approximate surface area is 239 Å². The van der Waals surface area contributed by atoms with Crippen molar-refractivity contribution in [1.29, 1.82) is 0 Å². The number of piperidine rings is 1. The number of rotatable bonds is 7. The second-order valence-corrected chi connectivity index (χ2v) is 15.4. The van der Waals surface area contributed by atoms with E-state index in [2.05, 4.69) is 44.1 Å². The van der Waals surface area contributed by atoms with Gasteiger partial charge < -0.3 is 39.1 Å². The Morgan fingerprint density at radius 2 is 1.71 bits per heavy atom. The summed E-state index contributed by atoms with van der Waals surface area (Å²) in [7, 11) is -9.52. The van der Waals surface area contributed by atoms with Crippen LogP contribution in [0.3, 0.4) is 0 Å². The van der Waals surface area contributed by atoms with Crippen LogP contribution in [-0.4, -0.2) is 88.3 Å². The van der Waals surface area contributed by atoms with Crippen LogP contribution < -0.4 is 4.90 Å². The van der Waals surface area contributed by atoms with Gasteiger partial charge in [-0.15, -0.1) is 0 Å². The van der Waals surface area contributed by atoms with Gasteiger partial charge in [-0.25, -0.2) is 4.98 Å². The van der Waals surface area contributed by atoms with E-state index in [1.165, 1.54) is 22.0 Å². The molecular formula is C24H30ClN5O9P2. The fraction of sp³-hybridized carbons (Fsp3) is 0.542. The normalized spacial score (nSPS) is 27.4. The molecule has 5 atom stereocenters. The molecule has 2 fully saturated rings. The fourth-order valence-corrected chi connectivity index (χ4v) is 8.89. The smallest absolute Gasteiger partial charge is 0.340 e. The van der Waals surface area contributed by atoms with Crippen molar-refractivity contribution in [3.8, 4) is 0 Å². The zero-order chi connectivity index (χ0) is 29.2. The number of fused-ring (bicyclic) bond motifs is 2. The molecule has 1 aliphatic carbocycles. The zero-order valence-electron chi connectivity index (χ0n) is 21.7. The third kappa shape index (κ3) is 5.83. The van der Waals surface area contributed by atoms with Gasteiger partial charge >= 0.3 is 15.2 Å². The number of aliphatic hydroxyl groups excluding tert-OH is 2. The largest absolute Gasteiger partial charge is 0.387 e. The Bertz CT molecular complexity index is 1530. The maximum Gasteiger partial charge on any atom is 0.340 e. The first-order chi connectivity index (χ1) is 19.3. The maximum atomic E-state index is 12.0. The molecule has 17 heteroatoms. The van der Waals surface area contributed by atoms with Crippen LogP contribution in [0.5, 0.6) is 0 Å². The minimum atomic E-state index is -4.83. The summed E-state index contributed by atoms with van der Waals surface area (Å²) in [6.07, 6.45) is -0.0933. The molecule has 14 nitrogen and oxygen atoms in total. The molecule has 4 heterocycles. The predicted molar refractivity (Wildman–Crippen MR) is 147 cm³/mol. The van der Waals surface area contributed by atoms with Crippen LogP contribution in [-0.2, 0) is 31.2 Å². The van der Waals surface area contributed by atoms with Crippen molar-refractivity contribution in [1.82, 2.24) is 19.5 Å². The number of hydrogen-bond donors (Lipinski definition) is 5. The highest BCUT2D eigenvalue weighted by atomic mass is 35.5. The van der Waals surface area contributed by atoms with Crippen LogP contribution in [0, 0.1) is 5.41 Å². The number of ether oxygens (including phenoxy) is 1.